The smallest absolute Gasteiger partial charge is 0.0589 e. The molecule has 3 heteroatoms. The average molecular weight is 242 g/mol. The Morgan fingerprint density at radius 3 is 2.65 bits per heavy atom. The van der Waals surface area contributed by atoms with Crippen LogP contribution in [0, 0.1) is 11.8 Å². The van der Waals surface area contributed by atoms with E-state index in [1.54, 1.807) is 7.11 Å². The summed E-state index contributed by atoms with van der Waals surface area (Å²) in [6.07, 6.45) is 3.71. The van der Waals surface area contributed by atoms with Crippen LogP contribution in [0.4, 0.5) is 0 Å². The molecule has 3 nitrogen and oxygen atoms in total. The maximum atomic E-state index is 6.31. The molecule has 0 heterocycles. The van der Waals surface area contributed by atoms with E-state index in [-0.39, 0.29) is 0 Å². The number of hydrogen-bond donors (Lipinski definition) is 1. The molecule has 1 aliphatic rings. The second kappa shape index (κ2) is 7.34. The minimum Gasteiger partial charge on any atom is -0.383 e. The van der Waals surface area contributed by atoms with Crippen LogP contribution in [0.15, 0.2) is 0 Å². The standard InChI is InChI=1S/C14H30N2O/c1-11(2)10-16(7-8-17-4)14-9-12(3)5-6-13(14)15/h11-14H,5-10,15H2,1-4H3. The molecule has 0 bridgehead atoms. The van der Waals surface area contributed by atoms with Crippen molar-refractivity contribution in [3.05, 3.63) is 0 Å². The van der Waals surface area contributed by atoms with Gasteiger partial charge >= 0.3 is 0 Å². The third kappa shape index (κ3) is 4.94. The van der Waals surface area contributed by atoms with Crippen LogP contribution in [0.25, 0.3) is 0 Å². The molecule has 0 spiro atoms. The van der Waals surface area contributed by atoms with Crippen molar-refractivity contribution < 1.29 is 4.74 Å². The molecule has 0 aromatic heterocycles. The SMILES string of the molecule is COCCN(CC(C)C)C1CC(C)CCC1N. The zero-order valence-electron chi connectivity index (χ0n) is 12.0. The summed E-state index contributed by atoms with van der Waals surface area (Å²) in [6.45, 7) is 9.86. The Hall–Kier alpha value is -0.120. The van der Waals surface area contributed by atoms with Crippen LogP contribution >= 0.6 is 0 Å². The molecule has 0 aliphatic heterocycles. The van der Waals surface area contributed by atoms with Crippen molar-refractivity contribution in [1.29, 1.82) is 0 Å². The molecule has 1 rings (SSSR count). The van der Waals surface area contributed by atoms with Gasteiger partial charge in [0.1, 0.15) is 0 Å². The van der Waals surface area contributed by atoms with Crippen molar-refractivity contribution >= 4 is 0 Å². The maximum absolute atomic E-state index is 6.31. The van der Waals surface area contributed by atoms with Gasteiger partial charge < -0.3 is 10.5 Å². The highest BCUT2D eigenvalue weighted by Gasteiger charge is 2.30. The van der Waals surface area contributed by atoms with Gasteiger partial charge in [-0.05, 0) is 31.1 Å². The van der Waals surface area contributed by atoms with E-state index in [4.69, 9.17) is 10.5 Å². The number of nitrogens with two attached hydrogens (primary N) is 1. The van der Waals surface area contributed by atoms with Gasteiger partial charge in [-0.3, -0.25) is 4.90 Å². The molecule has 0 saturated heterocycles. The molecule has 3 atom stereocenters. The number of rotatable bonds is 6. The van der Waals surface area contributed by atoms with Gasteiger partial charge in [0.05, 0.1) is 6.61 Å². The average Bonchev–Trinajstić information content (AvgIpc) is 2.27. The predicted molar refractivity (Wildman–Crippen MR) is 73.1 cm³/mol. The first-order chi connectivity index (χ1) is 8.04. The maximum Gasteiger partial charge on any atom is 0.0589 e. The first-order valence-electron chi connectivity index (χ1n) is 7.03. The molecule has 0 radical (unpaired) electrons. The lowest BCUT2D eigenvalue weighted by Crippen LogP contribution is -2.52. The van der Waals surface area contributed by atoms with E-state index in [2.05, 4.69) is 25.7 Å². The van der Waals surface area contributed by atoms with Crippen molar-refractivity contribution in [2.45, 2.75) is 52.1 Å². The minimum absolute atomic E-state index is 0.349. The van der Waals surface area contributed by atoms with E-state index >= 15 is 0 Å². The Kier molecular flexibility index (Phi) is 6.45. The monoisotopic (exact) mass is 242 g/mol. The van der Waals surface area contributed by atoms with Gasteiger partial charge in [0.15, 0.2) is 0 Å². The summed E-state index contributed by atoms with van der Waals surface area (Å²) in [5, 5.41) is 0. The molecule has 0 aromatic rings. The number of hydrogen-bond acceptors (Lipinski definition) is 3. The number of ether oxygens (including phenoxy) is 1. The highest BCUT2D eigenvalue weighted by atomic mass is 16.5. The van der Waals surface area contributed by atoms with E-state index in [1.807, 2.05) is 0 Å². The van der Waals surface area contributed by atoms with Crippen LogP contribution < -0.4 is 5.73 Å². The fourth-order valence-corrected chi connectivity index (χ4v) is 2.86. The molecule has 1 saturated carbocycles. The lowest BCUT2D eigenvalue weighted by atomic mass is 9.82. The topological polar surface area (TPSA) is 38.5 Å². The van der Waals surface area contributed by atoms with Crippen LogP contribution in [-0.2, 0) is 4.74 Å². The van der Waals surface area contributed by atoms with Crippen molar-refractivity contribution in [3.8, 4) is 0 Å². The van der Waals surface area contributed by atoms with Crippen LogP contribution in [0.5, 0.6) is 0 Å². The molecule has 1 fully saturated rings. The predicted octanol–water partition coefficient (Wildman–Crippen LogP) is 2.11. The zero-order chi connectivity index (χ0) is 12.8. The fraction of sp³-hybridized carbons (Fsp3) is 1.00. The summed E-state index contributed by atoms with van der Waals surface area (Å²) in [6, 6.07) is 0.901. The van der Waals surface area contributed by atoms with Gasteiger partial charge in [-0.25, -0.2) is 0 Å². The van der Waals surface area contributed by atoms with Crippen molar-refractivity contribution in [2.75, 3.05) is 26.8 Å². The van der Waals surface area contributed by atoms with E-state index in [9.17, 15) is 0 Å². The van der Waals surface area contributed by atoms with Crippen LogP contribution in [0.1, 0.15) is 40.0 Å². The van der Waals surface area contributed by atoms with Gasteiger partial charge in [-0.2, -0.15) is 0 Å². The quantitative estimate of drug-likeness (QED) is 0.775. The highest BCUT2D eigenvalue weighted by Crippen LogP contribution is 2.27. The Balaban J connectivity index is 2.58. The van der Waals surface area contributed by atoms with Gasteiger partial charge in [-0.1, -0.05) is 20.8 Å². The Labute approximate surface area is 107 Å². The summed E-state index contributed by atoms with van der Waals surface area (Å²) in [5.41, 5.74) is 6.31. The summed E-state index contributed by atoms with van der Waals surface area (Å²) >= 11 is 0. The van der Waals surface area contributed by atoms with Crippen molar-refractivity contribution in [2.24, 2.45) is 17.6 Å². The molecule has 0 amide bonds. The Morgan fingerprint density at radius 1 is 1.35 bits per heavy atom. The molecule has 2 N–H and O–H groups in total. The normalized spacial score (nSPS) is 30.2. The van der Waals surface area contributed by atoms with E-state index < -0.39 is 0 Å². The zero-order valence-corrected chi connectivity index (χ0v) is 12.0. The second-order valence-corrected chi connectivity index (χ2v) is 6.03. The van der Waals surface area contributed by atoms with E-state index in [0.717, 1.165) is 25.6 Å². The lowest BCUT2D eigenvalue weighted by molar-refractivity contribution is 0.0714. The summed E-state index contributed by atoms with van der Waals surface area (Å²) < 4.78 is 5.22. The first kappa shape index (κ1) is 14.9. The van der Waals surface area contributed by atoms with Crippen LogP contribution in [0.2, 0.25) is 0 Å². The van der Waals surface area contributed by atoms with E-state index in [1.165, 1.54) is 19.3 Å². The fourth-order valence-electron chi connectivity index (χ4n) is 2.86. The van der Waals surface area contributed by atoms with Gasteiger partial charge in [0.2, 0.25) is 0 Å². The molecule has 0 aromatic carbocycles. The minimum atomic E-state index is 0.349. The summed E-state index contributed by atoms with van der Waals surface area (Å²) in [7, 11) is 1.77. The molecule has 102 valence electrons. The first-order valence-corrected chi connectivity index (χ1v) is 7.03. The lowest BCUT2D eigenvalue weighted by Gasteiger charge is -2.41. The Bertz CT molecular complexity index is 208. The van der Waals surface area contributed by atoms with Gasteiger partial charge in [0, 0.05) is 32.3 Å². The Morgan fingerprint density at radius 2 is 2.06 bits per heavy atom. The number of methoxy groups -OCH3 is 1. The van der Waals surface area contributed by atoms with Crippen LogP contribution in [-0.4, -0.2) is 43.8 Å². The third-order valence-electron chi connectivity index (χ3n) is 3.78. The van der Waals surface area contributed by atoms with Crippen LogP contribution in [0.3, 0.4) is 0 Å². The van der Waals surface area contributed by atoms with Crippen molar-refractivity contribution in [3.63, 3.8) is 0 Å². The van der Waals surface area contributed by atoms with E-state index in [0.29, 0.717) is 18.0 Å². The second-order valence-electron chi connectivity index (χ2n) is 6.03. The van der Waals surface area contributed by atoms with Gasteiger partial charge in [0.25, 0.3) is 0 Å². The largest absolute Gasteiger partial charge is 0.383 e. The molecular weight excluding hydrogens is 212 g/mol. The highest BCUT2D eigenvalue weighted by molar-refractivity contribution is 4.88. The molecule has 1 aliphatic carbocycles. The summed E-state index contributed by atoms with van der Waals surface area (Å²) in [4.78, 5) is 2.55. The summed E-state index contributed by atoms with van der Waals surface area (Å²) in [5.74, 6) is 1.51. The molecule has 17 heavy (non-hydrogen) atoms. The van der Waals surface area contributed by atoms with Crippen molar-refractivity contribution in [1.82, 2.24) is 4.90 Å². The van der Waals surface area contributed by atoms with Gasteiger partial charge in [-0.15, -0.1) is 0 Å². The third-order valence-corrected chi connectivity index (χ3v) is 3.78. The molecule has 3 unspecified atom stereocenters. The number of nitrogens with zero attached hydrogens (tertiary/aromatic N) is 1. The molecular formula is C14H30N2O.